The quantitative estimate of drug-likeness (QED) is 0.586. The predicted molar refractivity (Wildman–Crippen MR) is 88.2 cm³/mol. The Hall–Kier alpha value is -1.20. The first-order valence-electron chi connectivity index (χ1n) is 5.66. The predicted octanol–water partition coefficient (Wildman–Crippen LogP) is 2.64. The largest absolute Gasteiger partial charge is 0.464 e. The van der Waals surface area contributed by atoms with Crippen molar-refractivity contribution in [2.45, 2.75) is 11.1 Å². The second-order valence-corrected chi connectivity index (χ2v) is 7.94. The number of rotatable bonds is 4. The lowest BCUT2D eigenvalue weighted by Crippen LogP contribution is -2.16. The zero-order valence-electron chi connectivity index (χ0n) is 11.1. The molecule has 0 aliphatic carbocycles. The molecule has 0 amide bonds. The Kier molecular flexibility index (Phi) is 4.84. The number of benzene rings is 1. The van der Waals surface area contributed by atoms with Gasteiger partial charge < -0.3 is 4.74 Å². The van der Waals surface area contributed by atoms with Crippen LogP contribution in [0.15, 0.2) is 27.9 Å². The summed E-state index contributed by atoms with van der Waals surface area (Å²) in [4.78, 5) is 15.3. The molecule has 0 saturated heterocycles. The molecule has 0 aliphatic heterocycles. The van der Waals surface area contributed by atoms with Gasteiger partial charge in [-0.25, -0.2) is 18.2 Å². The molecule has 0 radical (unpaired) electrons. The number of sulfonamides is 1. The van der Waals surface area contributed by atoms with Crippen LogP contribution in [0.3, 0.4) is 0 Å². The smallest absolute Gasteiger partial charge is 0.358 e. The number of nitrogens with one attached hydrogen (secondary N) is 1. The van der Waals surface area contributed by atoms with Gasteiger partial charge in [-0.3, -0.25) is 4.72 Å². The summed E-state index contributed by atoms with van der Waals surface area (Å²) in [5.74, 6) is -0.782. The third-order valence-electron chi connectivity index (χ3n) is 2.58. The maximum atomic E-state index is 12.3. The fourth-order valence-electron chi connectivity index (χ4n) is 1.52. The van der Waals surface area contributed by atoms with Crippen molar-refractivity contribution in [3.8, 4) is 0 Å². The molecule has 6 nitrogen and oxygen atoms in total. The number of carbonyl (C=O) groups is 1. The number of halogens is 1. The van der Waals surface area contributed by atoms with Crippen LogP contribution in [-0.2, 0) is 14.8 Å². The average molecular weight is 438 g/mol. The molecule has 0 spiro atoms. The third-order valence-corrected chi connectivity index (χ3v) is 6.50. The van der Waals surface area contributed by atoms with Gasteiger partial charge in [0.25, 0.3) is 10.0 Å². The molecular formula is C12H11IN2O4S2. The van der Waals surface area contributed by atoms with E-state index >= 15 is 0 Å². The van der Waals surface area contributed by atoms with Gasteiger partial charge in [-0.2, -0.15) is 0 Å². The van der Waals surface area contributed by atoms with Crippen molar-refractivity contribution in [2.24, 2.45) is 0 Å². The number of thiazole rings is 1. The van der Waals surface area contributed by atoms with E-state index in [9.17, 15) is 13.2 Å². The summed E-state index contributed by atoms with van der Waals surface area (Å²) in [6.45, 7) is 1.93. The highest BCUT2D eigenvalue weighted by Gasteiger charge is 2.26. The number of hydrogen-bond acceptors (Lipinski definition) is 6. The van der Waals surface area contributed by atoms with E-state index in [-0.39, 0.29) is 9.90 Å². The number of anilines is 1. The molecule has 0 unspecified atom stereocenters. The van der Waals surface area contributed by atoms with Crippen molar-refractivity contribution in [1.82, 2.24) is 4.98 Å². The van der Waals surface area contributed by atoms with Crippen LogP contribution in [0.1, 0.15) is 16.1 Å². The highest BCUT2D eigenvalue weighted by molar-refractivity contribution is 14.1. The Morgan fingerprint density at radius 2 is 2.14 bits per heavy atom. The summed E-state index contributed by atoms with van der Waals surface area (Å²) in [5, 5.41) is 0. The lowest BCUT2D eigenvalue weighted by Gasteiger charge is -2.08. The topological polar surface area (TPSA) is 85.4 Å². The minimum absolute atomic E-state index is 0.162. The molecule has 1 aromatic heterocycles. The monoisotopic (exact) mass is 438 g/mol. The standard InChI is InChI=1S/C12H11IN2O4S2/c1-7-3-4-8(5-9(7)13)15-21(17,18)12-10(11(16)19-2)14-6-20-12/h3-6,15H,1-2H3. The molecular weight excluding hydrogens is 427 g/mol. The van der Waals surface area contributed by atoms with Crippen molar-refractivity contribution in [2.75, 3.05) is 11.8 Å². The summed E-state index contributed by atoms with van der Waals surface area (Å²) >= 11 is 2.98. The van der Waals surface area contributed by atoms with Crippen molar-refractivity contribution in [3.05, 3.63) is 38.5 Å². The second kappa shape index (κ2) is 6.28. The summed E-state index contributed by atoms with van der Waals surface area (Å²) in [6, 6.07) is 5.19. The third kappa shape index (κ3) is 3.52. The van der Waals surface area contributed by atoms with Gasteiger partial charge in [0.1, 0.15) is 0 Å². The lowest BCUT2D eigenvalue weighted by molar-refractivity contribution is 0.0590. The van der Waals surface area contributed by atoms with Gasteiger partial charge in [0.2, 0.25) is 0 Å². The number of hydrogen-bond donors (Lipinski definition) is 1. The van der Waals surface area contributed by atoms with E-state index in [1.54, 1.807) is 12.1 Å². The number of aryl methyl sites for hydroxylation is 1. The molecule has 9 heteroatoms. The molecule has 2 rings (SSSR count). The van der Waals surface area contributed by atoms with Crippen LogP contribution in [0.5, 0.6) is 0 Å². The Balaban J connectivity index is 2.37. The Labute approximate surface area is 139 Å². The Morgan fingerprint density at radius 3 is 2.76 bits per heavy atom. The van der Waals surface area contributed by atoms with Gasteiger partial charge in [-0.05, 0) is 47.2 Å². The number of esters is 1. The van der Waals surface area contributed by atoms with E-state index < -0.39 is 16.0 Å². The van der Waals surface area contributed by atoms with Gasteiger partial charge in [0.05, 0.1) is 12.6 Å². The van der Waals surface area contributed by atoms with Crippen LogP contribution in [0, 0.1) is 10.5 Å². The Bertz CT molecular complexity index is 786. The number of ether oxygens (including phenoxy) is 1. The normalized spacial score (nSPS) is 11.2. The SMILES string of the molecule is COC(=O)c1ncsc1S(=O)(=O)Nc1ccc(C)c(I)c1. The highest BCUT2D eigenvalue weighted by atomic mass is 127. The molecule has 0 fully saturated rings. The van der Waals surface area contributed by atoms with Crippen molar-refractivity contribution in [1.29, 1.82) is 0 Å². The van der Waals surface area contributed by atoms with E-state index in [1.165, 1.54) is 12.6 Å². The maximum absolute atomic E-state index is 12.3. The van der Waals surface area contributed by atoms with Gasteiger partial charge in [-0.1, -0.05) is 6.07 Å². The molecule has 21 heavy (non-hydrogen) atoms. The summed E-state index contributed by atoms with van der Waals surface area (Å²) in [5.41, 5.74) is 2.55. The second-order valence-electron chi connectivity index (χ2n) is 4.05. The Morgan fingerprint density at radius 1 is 1.43 bits per heavy atom. The molecule has 0 bridgehead atoms. The molecule has 0 aliphatic rings. The van der Waals surface area contributed by atoms with Gasteiger partial charge in [-0.15, -0.1) is 11.3 Å². The fourth-order valence-corrected chi connectivity index (χ4v) is 4.21. The zero-order valence-corrected chi connectivity index (χ0v) is 14.9. The van der Waals surface area contributed by atoms with Crippen LogP contribution >= 0.6 is 33.9 Å². The first-order valence-corrected chi connectivity index (χ1v) is 9.10. The maximum Gasteiger partial charge on any atom is 0.358 e. The molecule has 1 aromatic carbocycles. The van der Waals surface area contributed by atoms with Crippen molar-refractivity contribution >= 4 is 55.6 Å². The van der Waals surface area contributed by atoms with E-state index in [1.807, 2.05) is 13.0 Å². The average Bonchev–Trinajstić information content (AvgIpc) is 2.92. The number of carbonyl (C=O) groups excluding carboxylic acids is 1. The molecule has 1 N–H and O–H groups in total. The summed E-state index contributed by atoms with van der Waals surface area (Å²) < 4.78 is 32.4. The van der Waals surface area contributed by atoms with Crippen molar-refractivity contribution in [3.63, 3.8) is 0 Å². The van der Waals surface area contributed by atoms with Crippen LogP contribution in [0.4, 0.5) is 5.69 Å². The highest BCUT2D eigenvalue weighted by Crippen LogP contribution is 2.25. The molecule has 0 saturated carbocycles. The van der Waals surface area contributed by atoms with Crippen LogP contribution < -0.4 is 4.72 Å². The molecule has 112 valence electrons. The van der Waals surface area contributed by atoms with E-state index in [4.69, 9.17) is 0 Å². The number of methoxy groups -OCH3 is 1. The van der Waals surface area contributed by atoms with Gasteiger partial charge in [0, 0.05) is 9.26 Å². The van der Waals surface area contributed by atoms with E-state index in [2.05, 4.69) is 37.0 Å². The van der Waals surface area contributed by atoms with Crippen molar-refractivity contribution < 1.29 is 17.9 Å². The molecule has 2 aromatic rings. The van der Waals surface area contributed by atoms with Gasteiger partial charge in [0.15, 0.2) is 9.90 Å². The number of aromatic nitrogens is 1. The first-order chi connectivity index (χ1) is 9.85. The summed E-state index contributed by atoms with van der Waals surface area (Å²) in [7, 11) is -2.71. The number of nitrogens with zero attached hydrogens (tertiary/aromatic N) is 1. The van der Waals surface area contributed by atoms with Crippen LogP contribution in [0.2, 0.25) is 0 Å². The van der Waals surface area contributed by atoms with Crippen LogP contribution in [0.25, 0.3) is 0 Å². The van der Waals surface area contributed by atoms with E-state index in [0.717, 1.165) is 20.5 Å². The van der Waals surface area contributed by atoms with Gasteiger partial charge >= 0.3 is 5.97 Å². The van der Waals surface area contributed by atoms with Crippen LogP contribution in [-0.4, -0.2) is 26.5 Å². The van der Waals surface area contributed by atoms with E-state index in [0.29, 0.717) is 5.69 Å². The zero-order chi connectivity index (χ0) is 15.6. The summed E-state index contributed by atoms with van der Waals surface area (Å²) in [6.07, 6.45) is 0. The lowest BCUT2D eigenvalue weighted by atomic mass is 10.2. The minimum Gasteiger partial charge on any atom is -0.464 e. The first kappa shape index (κ1) is 16.2. The minimum atomic E-state index is -3.88. The molecule has 1 heterocycles. The molecule has 0 atom stereocenters. The fraction of sp³-hybridized carbons (Fsp3) is 0.167.